The van der Waals surface area contributed by atoms with Gasteiger partial charge in [0.2, 0.25) is 0 Å². The van der Waals surface area contributed by atoms with Gasteiger partial charge in [-0.05, 0) is 19.1 Å². The van der Waals surface area contributed by atoms with E-state index in [1.165, 1.54) is 13.4 Å². The molecule has 0 radical (unpaired) electrons. The van der Waals surface area contributed by atoms with Crippen molar-refractivity contribution in [2.24, 2.45) is 0 Å². The molecule has 0 spiro atoms. The number of nitrogens with zero attached hydrogens (tertiary/aromatic N) is 4. The fourth-order valence-corrected chi connectivity index (χ4v) is 1.42. The van der Waals surface area contributed by atoms with E-state index in [4.69, 9.17) is 0 Å². The molecule has 94 valence electrons. The van der Waals surface area contributed by atoms with Gasteiger partial charge in [0.25, 0.3) is 0 Å². The predicted octanol–water partition coefficient (Wildman–Crippen LogP) is 0.636. The number of carbonyl (C=O) groups is 1. The van der Waals surface area contributed by atoms with Crippen molar-refractivity contribution in [1.29, 1.82) is 0 Å². The number of hydrogen-bond donors (Lipinski definition) is 1. The molecule has 0 amide bonds. The minimum Gasteiger partial charge on any atom is -0.467 e. The number of anilines is 1. The topological polar surface area (TPSA) is 81.9 Å². The highest BCUT2D eigenvalue weighted by Crippen LogP contribution is 2.10. The van der Waals surface area contributed by atoms with Crippen molar-refractivity contribution in [3.05, 3.63) is 31.0 Å². The SMILES string of the molecule is COC(=O)C(C)Nc1ccc(-n2cncn2)nc1. The first-order valence-corrected chi connectivity index (χ1v) is 5.36. The van der Waals surface area contributed by atoms with E-state index in [0.717, 1.165) is 5.69 Å². The third-order valence-corrected chi connectivity index (χ3v) is 2.34. The second-order valence-corrected chi connectivity index (χ2v) is 3.63. The molecule has 1 N–H and O–H groups in total. The molecule has 0 saturated heterocycles. The molecule has 0 aliphatic heterocycles. The summed E-state index contributed by atoms with van der Waals surface area (Å²) in [4.78, 5) is 19.3. The molecule has 18 heavy (non-hydrogen) atoms. The fraction of sp³-hybridized carbons (Fsp3) is 0.273. The Bertz CT molecular complexity index is 509. The van der Waals surface area contributed by atoms with E-state index in [0.29, 0.717) is 5.82 Å². The average molecular weight is 247 g/mol. The van der Waals surface area contributed by atoms with Crippen molar-refractivity contribution in [1.82, 2.24) is 19.7 Å². The van der Waals surface area contributed by atoms with Gasteiger partial charge < -0.3 is 10.1 Å². The zero-order chi connectivity index (χ0) is 13.0. The summed E-state index contributed by atoms with van der Waals surface area (Å²) in [5.41, 5.74) is 0.733. The number of aromatic nitrogens is 4. The third kappa shape index (κ3) is 2.62. The number of esters is 1. The summed E-state index contributed by atoms with van der Waals surface area (Å²) in [5.74, 6) is 0.333. The summed E-state index contributed by atoms with van der Waals surface area (Å²) in [6.07, 6.45) is 4.62. The summed E-state index contributed by atoms with van der Waals surface area (Å²) in [6, 6.07) is 3.17. The molecular formula is C11H13N5O2. The van der Waals surface area contributed by atoms with Crippen LogP contribution in [0, 0.1) is 0 Å². The zero-order valence-corrected chi connectivity index (χ0v) is 10.1. The Morgan fingerprint density at radius 3 is 2.89 bits per heavy atom. The number of rotatable bonds is 4. The molecule has 0 aliphatic carbocycles. The number of methoxy groups -OCH3 is 1. The molecule has 2 aromatic rings. The standard InChI is InChI=1S/C11H13N5O2/c1-8(11(17)18-2)15-9-3-4-10(13-5-9)16-7-12-6-14-16/h3-8,15H,1-2H3. The fourth-order valence-electron chi connectivity index (χ4n) is 1.42. The van der Waals surface area contributed by atoms with Crippen LogP contribution in [-0.2, 0) is 9.53 Å². The summed E-state index contributed by atoms with van der Waals surface area (Å²) in [5, 5.41) is 6.95. The van der Waals surface area contributed by atoms with Crippen LogP contribution in [0.2, 0.25) is 0 Å². The average Bonchev–Trinajstić information content (AvgIpc) is 2.92. The Hall–Kier alpha value is -2.44. The van der Waals surface area contributed by atoms with Crippen LogP contribution < -0.4 is 5.32 Å². The Kier molecular flexibility index (Phi) is 3.52. The van der Waals surface area contributed by atoms with Crippen molar-refractivity contribution in [2.75, 3.05) is 12.4 Å². The molecule has 2 rings (SSSR count). The van der Waals surface area contributed by atoms with Crippen LogP contribution in [-0.4, -0.2) is 38.9 Å². The normalized spacial score (nSPS) is 11.9. The van der Waals surface area contributed by atoms with Crippen molar-refractivity contribution in [2.45, 2.75) is 13.0 Å². The van der Waals surface area contributed by atoms with Gasteiger partial charge in [0.15, 0.2) is 5.82 Å². The molecule has 0 aromatic carbocycles. The summed E-state index contributed by atoms with van der Waals surface area (Å²) >= 11 is 0. The van der Waals surface area contributed by atoms with Crippen LogP contribution in [0.1, 0.15) is 6.92 Å². The molecule has 1 atom stereocenters. The lowest BCUT2D eigenvalue weighted by molar-refractivity contribution is -0.141. The van der Waals surface area contributed by atoms with E-state index in [2.05, 4.69) is 25.1 Å². The molecule has 0 bridgehead atoms. The van der Waals surface area contributed by atoms with Crippen LogP contribution in [0.3, 0.4) is 0 Å². The molecule has 7 nitrogen and oxygen atoms in total. The van der Waals surface area contributed by atoms with Crippen molar-refractivity contribution in [3.8, 4) is 5.82 Å². The van der Waals surface area contributed by atoms with E-state index >= 15 is 0 Å². The van der Waals surface area contributed by atoms with Gasteiger partial charge in [-0.3, -0.25) is 0 Å². The number of nitrogens with one attached hydrogen (secondary N) is 1. The second kappa shape index (κ2) is 5.26. The Labute approximate surface area is 104 Å². The van der Waals surface area contributed by atoms with Crippen molar-refractivity contribution >= 4 is 11.7 Å². The van der Waals surface area contributed by atoms with Gasteiger partial charge in [0.1, 0.15) is 18.7 Å². The maximum absolute atomic E-state index is 11.2. The lowest BCUT2D eigenvalue weighted by atomic mass is 10.3. The van der Waals surface area contributed by atoms with Gasteiger partial charge in [-0.25, -0.2) is 19.4 Å². The summed E-state index contributed by atoms with van der Waals surface area (Å²) in [6.45, 7) is 1.72. The Morgan fingerprint density at radius 1 is 1.50 bits per heavy atom. The third-order valence-electron chi connectivity index (χ3n) is 2.34. The predicted molar refractivity (Wildman–Crippen MR) is 64.3 cm³/mol. The first-order chi connectivity index (χ1) is 8.70. The molecule has 1 unspecified atom stereocenters. The number of hydrogen-bond acceptors (Lipinski definition) is 6. The summed E-state index contributed by atoms with van der Waals surface area (Å²) < 4.78 is 6.17. The van der Waals surface area contributed by atoms with Crippen LogP contribution in [0.25, 0.3) is 5.82 Å². The first kappa shape index (κ1) is 12.0. The molecule has 0 aliphatic rings. The minimum atomic E-state index is -0.422. The Balaban J connectivity index is 2.06. The van der Waals surface area contributed by atoms with Gasteiger partial charge in [0.05, 0.1) is 19.0 Å². The second-order valence-electron chi connectivity index (χ2n) is 3.63. The molecule has 2 aromatic heterocycles. The number of ether oxygens (including phenoxy) is 1. The largest absolute Gasteiger partial charge is 0.467 e. The highest BCUT2D eigenvalue weighted by molar-refractivity contribution is 5.78. The molecule has 2 heterocycles. The van der Waals surface area contributed by atoms with E-state index < -0.39 is 6.04 Å². The zero-order valence-electron chi connectivity index (χ0n) is 10.1. The molecular weight excluding hydrogens is 234 g/mol. The first-order valence-electron chi connectivity index (χ1n) is 5.36. The van der Waals surface area contributed by atoms with Crippen molar-refractivity contribution in [3.63, 3.8) is 0 Å². The van der Waals surface area contributed by atoms with Gasteiger partial charge in [-0.15, -0.1) is 0 Å². The molecule has 7 heteroatoms. The maximum atomic E-state index is 11.2. The highest BCUT2D eigenvalue weighted by atomic mass is 16.5. The van der Waals surface area contributed by atoms with Gasteiger partial charge in [0, 0.05) is 0 Å². The number of carbonyl (C=O) groups excluding carboxylic acids is 1. The monoisotopic (exact) mass is 247 g/mol. The van der Waals surface area contributed by atoms with E-state index in [1.807, 2.05) is 6.07 Å². The lowest BCUT2D eigenvalue weighted by Gasteiger charge is -2.12. The highest BCUT2D eigenvalue weighted by Gasteiger charge is 2.12. The molecule has 0 saturated carbocycles. The lowest BCUT2D eigenvalue weighted by Crippen LogP contribution is -2.27. The van der Waals surface area contributed by atoms with Crippen molar-refractivity contribution < 1.29 is 9.53 Å². The maximum Gasteiger partial charge on any atom is 0.327 e. The molecule has 0 fully saturated rings. The minimum absolute atomic E-state index is 0.324. The smallest absolute Gasteiger partial charge is 0.327 e. The quantitative estimate of drug-likeness (QED) is 0.798. The Morgan fingerprint density at radius 2 is 2.33 bits per heavy atom. The van der Waals surface area contributed by atoms with Crippen LogP contribution in [0.4, 0.5) is 5.69 Å². The van der Waals surface area contributed by atoms with Gasteiger partial charge >= 0.3 is 5.97 Å². The van der Waals surface area contributed by atoms with E-state index in [1.54, 1.807) is 30.2 Å². The van der Waals surface area contributed by atoms with Crippen LogP contribution in [0.5, 0.6) is 0 Å². The van der Waals surface area contributed by atoms with E-state index in [9.17, 15) is 4.79 Å². The number of pyridine rings is 1. The van der Waals surface area contributed by atoms with Crippen LogP contribution in [0.15, 0.2) is 31.0 Å². The van der Waals surface area contributed by atoms with Crippen LogP contribution >= 0.6 is 0 Å². The summed E-state index contributed by atoms with van der Waals surface area (Å²) in [7, 11) is 1.35. The van der Waals surface area contributed by atoms with Gasteiger partial charge in [-0.2, -0.15) is 5.10 Å². The van der Waals surface area contributed by atoms with E-state index in [-0.39, 0.29) is 5.97 Å². The van der Waals surface area contributed by atoms with Gasteiger partial charge in [-0.1, -0.05) is 0 Å².